The van der Waals surface area contributed by atoms with Crippen LogP contribution in [-0.4, -0.2) is 13.3 Å². The van der Waals surface area contributed by atoms with Gasteiger partial charge in [-0.2, -0.15) is 0 Å². The summed E-state index contributed by atoms with van der Waals surface area (Å²) in [5, 5.41) is 3.27. The highest BCUT2D eigenvalue weighted by molar-refractivity contribution is 7.39. The van der Waals surface area contributed by atoms with Crippen molar-refractivity contribution in [2.24, 2.45) is 0 Å². The van der Waals surface area contributed by atoms with Crippen LogP contribution in [0.15, 0.2) is 54.0 Å². The number of hydrogen-bond acceptors (Lipinski definition) is 2. The van der Waals surface area contributed by atoms with Crippen molar-refractivity contribution in [2.75, 3.05) is 13.3 Å². The van der Waals surface area contributed by atoms with Gasteiger partial charge in [0.15, 0.2) is 5.83 Å². The molecule has 27 heavy (non-hydrogen) atoms. The molecule has 0 bridgehead atoms. The molecule has 3 rings (SSSR count). The quantitative estimate of drug-likeness (QED) is 0.609. The molecule has 2 atom stereocenters. The number of benzene rings is 1. The molecule has 2 unspecified atom stereocenters. The average molecular weight is 385 g/mol. The van der Waals surface area contributed by atoms with Crippen LogP contribution in [0.25, 0.3) is 5.70 Å². The van der Waals surface area contributed by atoms with Gasteiger partial charge in [-0.3, -0.25) is 0 Å². The summed E-state index contributed by atoms with van der Waals surface area (Å²) in [6.07, 6.45) is 6.30. The van der Waals surface area contributed by atoms with Gasteiger partial charge in [-0.25, -0.2) is 4.39 Å². The lowest BCUT2D eigenvalue weighted by Crippen LogP contribution is -2.21. The van der Waals surface area contributed by atoms with Gasteiger partial charge in [-0.15, -0.1) is 8.58 Å². The van der Waals surface area contributed by atoms with E-state index < -0.39 is 0 Å². The number of dihydropyridines is 1. The Bertz CT molecular complexity index is 859. The Labute approximate surface area is 164 Å². The molecule has 0 radical (unpaired) electrons. The van der Waals surface area contributed by atoms with Gasteiger partial charge in [-0.1, -0.05) is 33.1 Å². The first-order chi connectivity index (χ1) is 12.8. The third-order valence-corrected chi connectivity index (χ3v) is 7.57. The molecule has 1 fully saturated rings. The lowest BCUT2D eigenvalue weighted by molar-refractivity contribution is 0.409. The Morgan fingerprint density at radius 2 is 2.15 bits per heavy atom. The second kappa shape index (κ2) is 7.64. The van der Waals surface area contributed by atoms with Gasteiger partial charge in [-0.05, 0) is 55.1 Å². The van der Waals surface area contributed by atoms with Gasteiger partial charge >= 0.3 is 0 Å². The van der Waals surface area contributed by atoms with Crippen LogP contribution >= 0.6 is 8.58 Å². The molecule has 144 valence electrons. The first-order valence-electron chi connectivity index (χ1n) is 9.51. The van der Waals surface area contributed by atoms with E-state index >= 15 is 4.39 Å². The van der Waals surface area contributed by atoms with Crippen molar-refractivity contribution in [3.05, 3.63) is 70.7 Å². The van der Waals surface area contributed by atoms with Crippen LogP contribution in [0.1, 0.15) is 50.3 Å². The number of ether oxygens (including phenoxy) is 1. The second-order valence-corrected chi connectivity index (χ2v) is 9.53. The van der Waals surface area contributed by atoms with Crippen LogP contribution in [0.3, 0.4) is 0 Å². The average Bonchev–Trinajstić information content (AvgIpc) is 3.10. The highest BCUT2D eigenvalue weighted by Crippen LogP contribution is 2.54. The molecule has 4 heteroatoms. The van der Waals surface area contributed by atoms with Crippen molar-refractivity contribution in [2.45, 2.75) is 45.2 Å². The van der Waals surface area contributed by atoms with Gasteiger partial charge < -0.3 is 10.1 Å². The van der Waals surface area contributed by atoms with Crippen molar-refractivity contribution >= 4 is 14.3 Å². The molecule has 2 heterocycles. The fourth-order valence-electron chi connectivity index (χ4n) is 4.02. The van der Waals surface area contributed by atoms with Crippen molar-refractivity contribution < 1.29 is 9.13 Å². The first kappa shape index (κ1) is 19.9. The molecular weight excluding hydrogens is 356 g/mol. The molecule has 2 nitrogen and oxygen atoms in total. The zero-order valence-electron chi connectivity index (χ0n) is 16.8. The number of methoxy groups -OCH3 is 1. The van der Waals surface area contributed by atoms with E-state index in [1.54, 1.807) is 7.11 Å². The Morgan fingerprint density at radius 3 is 2.70 bits per heavy atom. The van der Waals surface area contributed by atoms with Crippen LogP contribution in [0, 0.1) is 0 Å². The van der Waals surface area contributed by atoms with E-state index in [0.717, 1.165) is 43.9 Å². The molecule has 0 amide bonds. The molecule has 0 aliphatic carbocycles. The largest absolute Gasteiger partial charge is 0.496 e. The Morgan fingerprint density at radius 1 is 1.41 bits per heavy atom. The smallest absolute Gasteiger partial charge is 0.154 e. The van der Waals surface area contributed by atoms with E-state index in [1.165, 1.54) is 23.7 Å². The molecule has 0 spiro atoms. The molecule has 1 N–H and O–H groups in total. The predicted molar refractivity (Wildman–Crippen MR) is 115 cm³/mol. The second-order valence-electron chi connectivity index (χ2n) is 7.58. The topological polar surface area (TPSA) is 21.3 Å². The first-order valence-corrected chi connectivity index (χ1v) is 10.7. The predicted octanol–water partition coefficient (Wildman–Crippen LogP) is 6.20. The number of hydrogen-bond donors (Lipinski definition) is 1. The van der Waals surface area contributed by atoms with Gasteiger partial charge in [0.1, 0.15) is 5.75 Å². The van der Waals surface area contributed by atoms with E-state index in [1.807, 2.05) is 19.2 Å². The van der Waals surface area contributed by atoms with Crippen molar-refractivity contribution in [1.29, 1.82) is 0 Å². The summed E-state index contributed by atoms with van der Waals surface area (Å²) < 4.78 is 21.0. The fourth-order valence-corrected chi connectivity index (χ4v) is 5.68. The van der Waals surface area contributed by atoms with E-state index in [-0.39, 0.29) is 11.0 Å². The van der Waals surface area contributed by atoms with Crippen LogP contribution in [-0.2, 0) is 11.6 Å². The zero-order valence-corrected chi connectivity index (χ0v) is 17.8. The summed E-state index contributed by atoms with van der Waals surface area (Å²) in [4.78, 5) is 0. The molecule has 2 aliphatic rings. The van der Waals surface area contributed by atoms with Crippen LogP contribution in [0.2, 0.25) is 0 Å². The maximum Gasteiger partial charge on any atom is 0.154 e. The van der Waals surface area contributed by atoms with Gasteiger partial charge in [0.05, 0.1) is 12.8 Å². The number of nitrogens with one attached hydrogen (secondary N) is 1. The molecule has 2 aliphatic heterocycles. The molecule has 1 aromatic carbocycles. The standard InChI is InChI=1S/C23H29FNOP/c1-7-16-11-19(23(5)9-8-10-27-23)17(12-20(16)26-6)22-21(24)15(4)18(13-25-22)14(2)3/h11-13,25,27H,2,4,7-10H2,1,3,5-6H3. The number of rotatable bonds is 5. The molecule has 1 aromatic rings. The third kappa shape index (κ3) is 3.50. The number of allylic oxidation sites excluding steroid dienone is 4. The lowest BCUT2D eigenvalue weighted by Gasteiger charge is -2.31. The lowest BCUT2D eigenvalue weighted by atomic mass is 9.86. The zero-order chi connectivity index (χ0) is 19.8. The maximum absolute atomic E-state index is 15.3. The van der Waals surface area contributed by atoms with E-state index in [4.69, 9.17) is 4.74 Å². The minimum Gasteiger partial charge on any atom is -0.496 e. The minimum absolute atomic E-state index is 0.0835. The summed E-state index contributed by atoms with van der Waals surface area (Å²) in [5.74, 6) is 0.497. The molecule has 0 aromatic heterocycles. The summed E-state index contributed by atoms with van der Waals surface area (Å²) >= 11 is 0. The summed E-state index contributed by atoms with van der Waals surface area (Å²) in [6, 6.07) is 4.23. The molecule has 0 saturated carbocycles. The van der Waals surface area contributed by atoms with Gasteiger partial charge in [0.2, 0.25) is 0 Å². The number of aryl methyl sites for hydroxylation is 1. The molecule has 1 saturated heterocycles. The minimum atomic E-state index is -0.312. The van der Waals surface area contributed by atoms with Gasteiger partial charge in [0.25, 0.3) is 0 Å². The van der Waals surface area contributed by atoms with Crippen LogP contribution in [0.4, 0.5) is 4.39 Å². The van der Waals surface area contributed by atoms with Crippen molar-refractivity contribution in [3.8, 4) is 5.75 Å². The highest BCUT2D eigenvalue weighted by atomic mass is 31.1. The van der Waals surface area contributed by atoms with E-state index in [9.17, 15) is 0 Å². The maximum atomic E-state index is 15.3. The summed E-state index contributed by atoms with van der Waals surface area (Å²) in [5.41, 5.74) is 5.67. The van der Waals surface area contributed by atoms with Crippen LogP contribution in [0.5, 0.6) is 5.75 Å². The highest BCUT2D eigenvalue weighted by Gasteiger charge is 2.35. The van der Waals surface area contributed by atoms with Crippen molar-refractivity contribution in [3.63, 3.8) is 0 Å². The Kier molecular flexibility index (Phi) is 5.63. The molecular formula is C23H29FNOP. The summed E-state index contributed by atoms with van der Waals surface area (Å²) in [6.45, 7) is 14.2. The van der Waals surface area contributed by atoms with E-state index in [0.29, 0.717) is 11.3 Å². The van der Waals surface area contributed by atoms with Gasteiger partial charge in [0, 0.05) is 28.1 Å². The van der Waals surface area contributed by atoms with Crippen molar-refractivity contribution in [1.82, 2.24) is 5.32 Å². The Balaban J connectivity index is 2.20. The van der Waals surface area contributed by atoms with Crippen LogP contribution < -0.4 is 10.1 Å². The fraction of sp³-hybridized carbons (Fsp3) is 0.391. The summed E-state index contributed by atoms with van der Waals surface area (Å²) in [7, 11) is 2.52. The monoisotopic (exact) mass is 385 g/mol. The SMILES string of the molecule is C=C(C)C1=CNC(c2cc(OC)c(CC)cc2C2(C)CCCP2)=C(F)C1=C. The normalized spacial score (nSPS) is 23.4. The third-order valence-electron chi connectivity index (χ3n) is 5.66. The Hall–Kier alpha value is -1.86. The van der Waals surface area contributed by atoms with E-state index in [2.05, 4.69) is 38.4 Å². The number of halogens is 1.